The van der Waals surface area contributed by atoms with Crippen LogP contribution in [0.15, 0.2) is 35.3 Å². The minimum absolute atomic E-state index is 0.102. The van der Waals surface area contributed by atoms with Crippen molar-refractivity contribution >= 4 is 21.7 Å². The zero-order valence-corrected chi connectivity index (χ0v) is 9.10. The van der Waals surface area contributed by atoms with Crippen molar-refractivity contribution in [2.75, 3.05) is 0 Å². The molecule has 0 saturated heterocycles. The van der Waals surface area contributed by atoms with E-state index in [-0.39, 0.29) is 5.78 Å². The van der Waals surface area contributed by atoms with Gasteiger partial charge in [0.15, 0.2) is 5.78 Å². The van der Waals surface area contributed by atoms with Crippen LogP contribution in [0.1, 0.15) is 22.3 Å². The summed E-state index contributed by atoms with van der Waals surface area (Å²) in [5.41, 5.74) is 1.81. The van der Waals surface area contributed by atoms with Gasteiger partial charge in [-0.15, -0.1) is 6.58 Å². The molecule has 68 valence electrons. The fourth-order valence-electron chi connectivity index (χ4n) is 1.10. The third-order valence-corrected chi connectivity index (χ3v) is 2.87. The minimum atomic E-state index is 0.102. The molecule has 1 nitrogen and oxygen atoms in total. The lowest BCUT2D eigenvalue weighted by Crippen LogP contribution is -1.98. The van der Waals surface area contributed by atoms with Crippen LogP contribution < -0.4 is 0 Å². The molecule has 1 aromatic carbocycles. The Hall–Kier alpha value is -0.890. The summed E-state index contributed by atoms with van der Waals surface area (Å²) in [6.07, 6.45) is 2.01. The van der Waals surface area contributed by atoms with Gasteiger partial charge in [-0.25, -0.2) is 0 Å². The summed E-state index contributed by atoms with van der Waals surface area (Å²) in [6.45, 7) is 5.51. The third-order valence-electron chi connectivity index (χ3n) is 1.82. The van der Waals surface area contributed by atoms with E-state index >= 15 is 0 Å². The molecular weight excluding hydrogens is 228 g/mol. The van der Waals surface area contributed by atoms with Gasteiger partial charge in [0.1, 0.15) is 0 Å². The zero-order valence-electron chi connectivity index (χ0n) is 7.51. The number of allylic oxidation sites excluding steroid dienone is 1. The molecule has 0 saturated carbocycles. The van der Waals surface area contributed by atoms with Crippen LogP contribution in [0.3, 0.4) is 0 Å². The van der Waals surface area contributed by atoms with E-state index in [2.05, 4.69) is 22.5 Å². The standard InChI is InChI=1S/C11H11BrO/c1-3-5-10(13)9-7-4-6-8(2)11(9)12/h3-4,6-7H,1,5H2,2H3. The zero-order chi connectivity index (χ0) is 9.84. The molecule has 2 heteroatoms. The molecule has 0 bridgehead atoms. The normalized spacial score (nSPS) is 9.69. The van der Waals surface area contributed by atoms with Crippen LogP contribution in [0.2, 0.25) is 0 Å². The van der Waals surface area contributed by atoms with Crippen molar-refractivity contribution in [1.82, 2.24) is 0 Å². The average molecular weight is 239 g/mol. The number of ketones is 1. The quantitative estimate of drug-likeness (QED) is 0.582. The van der Waals surface area contributed by atoms with Crippen LogP contribution in [0, 0.1) is 6.92 Å². The Kier molecular flexibility index (Phi) is 3.43. The third kappa shape index (κ3) is 2.28. The van der Waals surface area contributed by atoms with Crippen molar-refractivity contribution in [3.8, 4) is 0 Å². The van der Waals surface area contributed by atoms with Crippen molar-refractivity contribution in [2.24, 2.45) is 0 Å². The molecule has 0 unspecified atom stereocenters. The van der Waals surface area contributed by atoms with E-state index in [1.807, 2.05) is 25.1 Å². The molecule has 1 rings (SSSR count). The topological polar surface area (TPSA) is 17.1 Å². The molecule has 0 spiro atoms. The van der Waals surface area contributed by atoms with Gasteiger partial charge in [-0.3, -0.25) is 4.79 Å². The van der Waals surface area contributed by atoms with Gasteiger partial charge in [-0.05, 0) is 28.4 Å². The second-order valence-corrected chi connectivity index (χ2v) is 3.65. The summed E-state index contributed by atoms with van der Waals surface area (Å²) < 4.78 is 0.891. The van der Waals surface area contributed by atoms with Crippen molar-refractivity contribution in [3.05, 3.63) is 46.5 Å². The fraction of sp³-hybridized carbons (Fsp3) is 0.182. The Morgan fingerprint density at radius 3 is 2.92 bits per heavy atom. The van der Waals surface area contributed by atoms with Crippen LogP contribution in [0.25, 0.3) is 0 Å². The Morgan fingerprint density at radius 2 is 2.31 bits per heavy atom. The van der Waals surface area contributed by atoms with E-state index in [4.69, 9.17) is 0 Å². The minimum Gasteiger partial charge on any atom is -0.294 e. The van der Waals surface area contributed by atoms with Crippen molar-refractivity contribution < 1.29 is 4.79 Å². The summed E-state index contributed by atoms with van der Waals surface area (Å²) in [4.78, 5) is 11.5. The molecule has 0 amide bonds. The molecule has 1 aromatic rings. The first-order valence-electron chi connectivity index (χ1n) is 4.06. The molecule has 0 heterocycles. The molecule has 0 atom stereocenters. The first-order chi connectivity index (χ1) is 6.16. The Balaban J connectivity index is 3.07. The number of halogens is 1. The van der Waals surface area contributed by atoms with Gasteiger partial charge in [0.25, 0.3) is 0 Å². The second kappa shape index (κ2) is 4.38. The van der Waals surface area contributed by atoms with Crippen LogP contribution in [-0.4, -0.2) is 5.78 Å². The number of aryl methyl sites for hydroxylation is 1. The molecule has 0 aromatic heterocycles. The maximum Gasteiger partial charge on any atom is 0.167 e. The summed E-state index contributed by atoms with van der Waals surface area (Å²) >= 11 is 3.40. The number of carbonyl (C=O) groups excluding carboxylic acids is 1. The smallest absolute Gasteiger partial charge is 0.167 e. The molecule has 0 radical (unpaired) electrons. The highest BCUT2D eigenvalue weighted by atomic mass is 79.9. The largest absolute Gasteiger partial charge is 0.294 e. The summed E-state index contributed by atoms with van der Waals surface area (Å²) in [7, 11) is 0. The first-order valence-corrected chi connectivity index (χ1v) is 4.85. The SMILES string of the molecule is C=CCC(=O)c1cccc(C)c1Br. The summed E-state index contributed by atoms with van der Waals surface area (Å²) in [5, 5.41) is 0. The number of hydrogen-bond acceptors (Lipinski definition) is 1. The Morgan fingerprint density at radius 1 is 1.62 bits per heavy atom. The summed E-state index contributed by atoms with van der Waals surface area (Å²) in [5.74, 6) is 0.102. The molecule has 0 aliphatic heterocycles. The van der Waals surface area contributed by atoms with E-state index < -0.39 is 0 Å². The molecular formula is C11H11BrO. The Labute approximate surface area is 86.6 Å². The van der Waals surface area contributed by atoms with E-state index in [0.29, 0.717) is 6.42 Å². The number of hydrogen-bond donors (Lipinski definition) is 0. The fourth-order valence-corrected chi connectivity index (χ4v) is 1.59. The van der Waals surface area contributed by atoms with Gasteiger partial charge in [0.2, 0.25) is 0 Å². The van der Waals surface area contributed by atoms with Gasteiger partial charge in [-0.1, -0.05) is 24.3 Å². The molecule has 0 fully saturated rings. The lowest BCUT2D eigenvalue weighted by Gasteiger charge is -2.03. The van der Waals surface area contributed by atoms with Crippen LogP contribution in [0.5, 0.6) is 0 Å². The highest BCUT2D eigenvalue weighted by Crippen LogP contribution is 2.22. The number of benzene rings is 1. The maximum absolute atomic E-state index is 11.5. The lowest BCUT2D eigenvalue weighted by atomic mass is 10.1. The lowest BCUT2D eigenvalue weighted by molar-refractivity contribution is 0.0995. The van der Waals surface area contributed by atoms with E-state index in [1.54, 1.807) is 6.08 Å². The predicted molar refractivity (Wildman–Crippen MR) is 58.0 cm³/mol. The van der Waals surface area contributed by atoms with Crippen molar-refractivity contribution in [1.29, 1.82) is 0 Å². The van der Waals surface area contributed by atoms with Crippen LogP contribution in [-0.2, 0) is 0 Å². The molecule has 0 aliphatic rings. The molecule has 0 N–H and O–H groups in total. The summed E-state index contributed by atoms with van der Waals surface area (Å²) in [6, 6.07) is 5.67. The van der Waals surface area contributed by atoms with Gasteiger partial charge < -0.3 is 0 Å². The predicted octanol–water partition coefficient (Wildman–Crippen LogP) is 3.52. The van der Waals surface area contributed by atoms with Gasteiger partial charge in [0.05, 0.1) is 0 Å². The first kappa shape index (κ1) is 10.2. The highest BCUT2D eigenvalue weighted by Gasteiger charge is 2.08. The molecule has 0 aliphatic carbocycles. The van der Waals surface area contributed by atoms with E-state index in [0.717, 1.165) is 15.6 Å². The number of carbonyl (C=O) groups is 1. The second-order valence-electron chi connectivity index (χ2n) is 2.85. The van der Waals surface area contributed by atoms with E-state index in [1.165, 1.54) is 0 Å². The van der Waals surface area contributed by atoms with Gasteiger partial charge in [-0.2, -0.15) is 0 Å². The number of Topliss-reactive ketones (excluding diaryl/α,β-unsaturated/α-hetero) is 1. The molecule has 13 heavy (non-hydrogen) atoms. The van der Waals surface area contributed by atoms with Crippen molar-refractivity contribution in [3.63, 3.8) is 0 Å². The van der Waals surface area contributed by atoms with Gasteiger partial charge >= 0.3 is 0 Å². The maximum atomic E-state index is 11.5. The van der Waals surface area contributed by atoms with E-state index in [9.17, 15) is 4.79 Å². The highest BCUT2D eigenvalue weighted by molar-refractivity contribution is 9.10. The number of rotatable bonds is 3. The van der Waals surface area contributed by atoms with Crippen LogP contribution >= 0.6 is 15.9 Å². The van der Waals surface area contributed by atoms with Gasteiger partial charge in [0, 0.05) is 16.5 Å². The monoisotopic (exact) mass is 238 g/mol. The Bertz CT molecular complexity index is 342. The average Bonchev–Trinajstić information content (AvgIpc) is 2.10. The van der Waals surface area contributed by atoms with Crippen LogP contribution in [0.4, 0.5) is 0 Å². The van der Waals surface area contributed by atoms with Crippen molar-refractivity contribution in [2.45, 2.75) is 13.3 Å².